The highest BCUT2D eigenvalue weighted by atomic mass is 16.2. The number of hydrogen-bond acceptors (Lipinski definition) is 3. The zero-order chi connectivity index (χ0) is 13.1. The molecule has 0 unspecified atom stereocenters. The van der Waals surface area contributed by atoms with Gasteiger partial charge in [0.1, 0.15) is 11.6 Å². The van der Waals surface area contributed by atoms with Gasteiger partial charge in [-0.3, -0.25) is 9.89 Å². The Morgan fingerprint density at radius 2 is 2.11 bits per heavy atom. The maximum atomic E-state index is 12.1. The number of H-pyrrole nitrogens is 1. The largest absolute Gasteiger partial charge is 0.338 e. The summed E-state index contributed by atoms with van der Waals surface area (Å²) in [7, 11) is 0. The molecule has 1 saturated heterocycles. The molecule has 0 spiro atoms. The molecule has 1 aliphatic rings. The number of hydrogen-bond donors (Lipinski definition) is 1. The predicted octanol–water partition coefficient (Wildman–Crippen LogP) is 1.56. The van der Waals surface area contributed by atoms with Gasteiger partial charge < -0.3 is 4.90 Å². The van der Waals surface area contributed by atoms with Crippen molar-refractivity contribution in [3.8, 4) is 6.07 Å². The summed E-state index contributed by atoms with van der Waals surface area (Å²) in [6.45, 7) is 5.23. The van der Waals surface area contributed by atoms with Gasteiger partial charge in [0.05, 0.1) is 5.69 Å². The number of aryl methyl sites for hydroxylation is 2. The Hall–Kier alpha value is -2.09. The second-order valence-electron chi connectivity index (χ2n) is 4.52. The molecule has 94 valence electrons. The Morgan fingerprint density at radius 1 is 1.44 bits per heavy atom. The first-order valence-electron chi connectivity index (χ1n) is 6.06. The second kappa shape index (κ2) is 5.05. The molecule has 5 heteroatoms. The lowest BCUT2D eigenvalue weighted by molar-refractivity contribution is -0.125. The molecule has 0 atom stereocenters. The zero-order valence-electron chi connectivity index (χ0n) is 10.7. The molecule has 0 radical (unpaired) electrons. The maximum Gasteiger partial charge on any atom is 0.264 e. The number of likely N-dealkylation sites (tertiary alicyclic amines) is 1. The van der Waals surface area contributed by atoms with Crippen LogP contribution < -0.4 is 0 Å². The number of nitrogens with one attached hydrogen (secondary N) is 1. The summed E-state index contributed by atoms with van der Waals surface area (Å²) in [6, 6.07) is 2.00. The van der Waals surface area contributed by atoms with Crippen LogP contribution in [0.2, 0.25) is 0 Å². The number of rotatable bonds is 2. The van der Waals surface area contributed by atoms with Gasteiger partial charge in [-0.25, -0.2) is 0 Å². The molecule has 0 bridgehead atoms. The first-order valence-corrected chi connectivity index (χ1v) is 6.06. The molecule has 0 saturated carbocycles. The fourth-order valence-corrected chi connectivity index (χ4v) is 2.15. The van der Waals surface area contributed by atoms with E-state index in [0.29, 0.717) is 0 Å². The number of aromatic amines is 1. The van der Waals surface area contributed by atoms with Gasteiger partial charge in [-0.15, -0.1) is 0 Å². The van der Waals surface area contributed by atoms with Crippen LogP contribution in [0, 0.1) is 25.2 Å². The average molecular weight is 244 g/mol. The summed E-state index contributed by atoms with van der Waals surface area (Å²) in [5.74, 6) is -0.171. The van der Waals surface area contributed by atoms with Gasteiger partial charge >= 0.3 is 0 Å². The van der Waals surface area contributed by atoms with Crippen LogP contribution in [0.25, 0.3) is 6.08 Å². The molecule has 2 rings (SSSR count). The van der Waals surface area contributed by atoms with E-state index in [-0.39, 0.29) is 11.5 Å². The van der Waals surface area contributed by atoms with Crippen molar-refractivity contribution in [2.24, 2.45) is 0 Å². The molecule has 0 aliphatic carbocycles. The SMILES string of the molecule is Cc1n[nH]c(C)c1/C=C(/C#N)C(=O)N1CCCC1. The van der Waals surface area contributed by atoms with Crippen molar-refractivity contribution in [1.82, 2.24) is 15.1 Å². The van der Waals surface area contributed by atoms with Crippen molar-refractivity contribution in [2.75, 3.05) is 13.1 Å². The smallest absolute Gasteiger partial charge is 0.264 e. The normalized spacial score (nSPS) is 15.8. The van der Waals surface area contributed by atoms with E-state index in [1.807, 2.05) is 19.9 Å². The third kappa shape index (κ3) is 2.28. The minimum atomic E-state index is -0.171. The maximum absolute atomic E-state index is 12.1. The summed E-state index contributed by atoms with van der Waals surface area (Å²) in [4.78, 5) is 13.9. The molecule has 1 aromatic rings. The minimum Gasteiger partial charge on any atom is -0.338 e. The van der Waals surface area contributed by atoms with Gasteiger partial charge in [-0.2, -0.15) is 10.4 Å². The molecule has 5 nitrogen and oxygen atoms in total. The number of nitrogens with zero attached hydrogens (tertiary/aromatic N) is 3. The van der Waals surface area contributed by atoms with Crippen LogP contribution in [0.5, 0.6) is 0 Å². The number of carbonyl (C=O) groups excluding carboxylic acids is 1. The molecule has 1 amide bonds. The Balaban J connectivity index is 2.28. The number of nitriles is 1. The van der Waals surface area contributed by atoms with Crippen molar-refractivity contribution in [2.45, 2.75) is 26.7 Å². The summed E-state index contributed by atoms with van der Waals surface area (Å²) in [6.07, 6.45) is 3.68. The van der Waals surface area contributed by atoms with Crippen LogP contribution >= 0.6 is 0 Å². The number of carbonyl (C=O) groups is 1. The third-order valence-corrected chi connectivity index (χ3v) is 3.22. The van der Waals surface area contributed by atoms with Crippen molar-refractivity contribution in [1.29, 1.82) is 5.26 Å². The Labute approximate surface area is 106 Å². The summed E-state index contributed by atoms with van der Waals surface area (Å²) in [5, 5.41) is 16.0. The van der Waals surface area contributed by atoms with Gasteiger partial charge in [0.15, 0.2) is 0 Å². The number of aromatic nitrogens is 2. The van der Waals surface area contributed by atoms with Crippen LogP contribution in [0.15, 0.2) is 5.57 Å². The van der Waals surface area contributed by atoms with E-state index in [0.717, 1.165) is 42.9 Å². The highest BCUT2D eigenvalue weighted by molar-refractivity contribution is 6.02. The van der Waals surface area contributed by atoms with E-state index in [9.17, 15) is 4.79 Å². The first kappa shape index (κ1) is 12.4. The first-order chi connectivity index (χ1) is 8.63. The Bertz CT molecular complexity index is 510. The van der Waals surface area contributed by atoms with Crippen LogP contribution in [0.3, 0.4) is 0 Å². The molecule has 1 fully saturated rings. The third-order valence-electron chi connectivity index (χ3n) is 3.22. The van der Waals surface area contributed by atoms with E-state index in [2.05, 4.69) is 10.2 Å². The molecular weight excluding hydrogens is 228 g/mol. The lowest BCUT2D eigenvalue weighted by Crippen LogP contribution is -2.28. The zero-order valence-corrected chi connectivity index (χ0v) is 10.7. The highest BCUT2D eigenvalue weighted by Gasteiger charge is 2.22. The van der Waals surface area contributed by atoms with Crippen LogP contribution in [-0.4, -0.2) is 34.1 Å². The fraction of sp³-hybridized carbons (Fsp3) is 0.462. The highest BCUT2D eigenvalue weighted by Crippen LogP contribution is 2.17. The van der Waals surface area contributed by atoms with Crippen molar-refractivity contribution < 1.29 is 4.79 Å². The second-order valence-corrected chi connectivity index (χ2v) is 4.52. The summed E-state index contributed by atoms with van der Waals surface area (Å²) >= 11 is 0. The fourth-order valence-electron chi connectivity index (χ4n) is 2.15. The lowest BCUT2D eigenvalue weighted by atomic mass is 10.1. The molecule has 2 heterocycles. The van der Waals surface area contributed by atoms with Crippen molar-refractivity contribution >= 4 is 12.0 Å². The standard InChI is InChI=1S/C13H16N4O/c1-9-12(10(2)16-15-9)7-11(8-14)13(18)17-5-3-4-6-17/h7H,3-6H2,1-2H3,(H,15,16)/b11-7-. The van der Waals surface area contributed by atoms with E-state index >= 15 is 0 Å². The molecule has 1 aromatic heterocycles. The van der Waals surface area contributed by atoms with Crippen LogP contribution in [0.1, 0.15) is 29.8 Å². The van der Waals surface area contributed by atoms with E-state index < -0.39 is 0 Å². The van der Waals surface area contributed by atoms with Gasteiger partial charge in [0.25, 0.3) is 5.91 Å². The van der Waals surface area contributed by atoms with E-state index in [4.69, 9.17) is 5.26 Å². The minimum absolute atomic E-state index is 0.171. The van der Waals surface area contributed by atoms with E-state index in [1.54, 1.807) is 11.0 Å². The topological polar surface area (TPSA) is 72.8 Å². The van der Waals surface area contributed by atoms with Crippen molar-refractivity contribution in [3.63, 3.8) is 0 Å². The average Bonchev–Trinajstić information content (AvgIpc) is 2.98. The molecule has 1 aliphatic heterocycles. The van der Waals surface area contributed by atoms with Gasteiger partial charge in [-0.05, 0) is 32.8 Å². The predicted molar refractivity (Wildman–Crippen MR) is 67.5 cm³/mol. The summed E-state index contributed by atoms with van der Waals surface area (Å²) in [5.41, 5.74) is 2.69. The van der Waals surface area contributed by atoms with Gasteiger partial charge in [-0.1, -0.05) is 0 Å². The lowest BCUT2D eigenvalue weighted by Gasteiger charge is -2.14. The van der Waals surface area contributed by atoms with Crippen LogP contribution in [-0.2, 0) is 4.79 Å². The van der Waals surface area contributed by atoms with E-state index in [1.165, 1.54) is 0 Å². The van der Waals surface area contributed by atoms with Crippen LogP contribution in [0.4, 0.5) is 0 Å². The van der Waals surface area contributed by atoms with Gasteiger partial charge in [0, 0.05) is 24.3 Å². The summed E-state index contributed by atoms with van der Waals surface area (Å²) < 4.78 is 0. The molecule has 1 N–H and O–H groups in total. The quantitative estimate of drug-likeness (QED) is 0.633. The number of amides is 1. The Kier molecular flexibility index (Phi) is 3.47. The Morgan fingerprint density at radius 3 is 2.61 bits per heavy atom. The molecule has 18 heavy (non-hydrogen) atoms. The van der Waals surface area contributed by atoms with Gasteiger partial charge in [0.2, 0.25) is 0 Å². The van der Waals surface area contributed by atoms with Crippen molar-refractivity contribution in [3.05, 3.63) is 22.5 Å². The monoisotopic (exact) mass is 244 g/mol. The molecule has 0 aromatic carbocycles. The molecular formula is C13H16N4O.